The highest BCUT2D eigenvalue weighted by atomic mass is 127. The molecule has 1 saturated heterocycles. The predicted molar refractivity (Wildman–Crippen MR) is 89.0 cm³/mol. The highest BCUT2D eigenvalue weighted by Crippen LogP contribution is 2.27. The summed E-state index contributed by atoms with van der Waals surface area (Å²) in [6, 6.07) is 6.39. The number of nitrogens with zero attached hydrogens (tertiary/aromatic N) is 4. The summed E-state index contributed by atoms with van der Waals surface area (Å²) in [6.45, 7) is 2.56. The van der Waals surface area contributed by atoms with Crippen LogP contribution in [0.1, 0.15) is 0 Å². The van der Waals surface area contributed by atoms with Crippen molar-refractivity contribution in [2.45, 2.75) is 6.54 Å². The van der Waals surface area contributed by atoms with Gasteiger partial charge < -0.3 is 9.30 Å². The van der Waals surface area contributed by atoms with Gasteiger partial charge in [0.15, 0.2) is 5.82 Å². The molecule has 0 N–H and O–H groups in total. The van der Waals surface area contributed by atoms with E-state index in [4.69, 9.17) is 4.74 Å². The van der Waals surface area contributed by atoms with E-state index < -0.39 is 0 Å². The lowest BCUT2D eigenvalue weighted by Crippen LogP contribution is -2.31. The number of hydrogen-bond acceptors (Lipinski definition) is 3. The molecule has 1 fully saturated rings. The molecule has 108 valence electrons. The Balaban J connectivity index is 1.67. The lowest BCUT2D eigenvalue weighted by molar-refractivity contribution is -0.0408. The van der Waals surface area contributed by atoms with Crippen LogP contribution >= 0.6 is 22.6 Å². The molecular weight excluding hydrogens is 379 g/mol. The number of rotatable bonds is 3. The molecular formula is C15H15IN4O. The molecule has 0 spiro atoms. The summed E-state index contributed by atoms with van der Waals surface area (Å²) >= 11 is 2.37. The molecule has 1 aliphatic heterocycles. The number of benzene rings is 1. The molecule has 21 heavy (non-hydrogen) atoms. The minimum atomic E-state index is 0.581. The second-order valence-electron chi connectivity index (χ2n) is 5.51. The van der Waals surface area contributed by atoms with Crippen LogP contribution in [-0.2, 0) is 18.3 Å². The van der Waals surface area contributed by atoms with Gasteiger partial charge in [0, 0.05) is 45.7 Å². The van der Waals surface area contributed by atoms with E-state index in [1.54, 1.807) is 0 Å². The zero-order chi connectivity index (χ0) is 14.4. The monoisotopic (exact) mass is 394 g/mol. The van der Waals surface area contributed by atoms with Crippen LogP contribution in [0.4, 0.5) is 0 Å². The van der Waals surface area contributed by atoms with E-state index in [9.17, 15) is 0 Å². The van der Waals surface area contributed by atoms with Gasteiger partial charge in [-0.15, -0.1) is 0 Å². The molecule has 0 aliphatic carbocycles. The third-order valence-electron chi connectivity index (χ3n) is 3.89. The first-order valence-electron chi connectivity index (χ1n) is 6.93. The van der Waals surface area contributed by atoms with Crippen LogP contribution < -0.4 is 0 Å². The molecule has 6 heteroatoms. The fourth-order valence-electron chi connectivity index (χ4n) is 2.65. The number of fused-ring (bicyclic) bond motifs is 1. The van der Waals surface area contributed by atoms with Gasteiger partial charge in [-0.05, 0) is 40.8 Å². The number of ether oxygens (including phenoxy) is 1. The molecule has 0 unspecified atom stereocenters. The Morgan fingerprint density at radius 1 is 1.38 bits per heavy atom. The molecule has 5 nitrogen and oxygen atoms in total. The van der Waals surface area contributed by atoms with Crippen LogP contribution in [0, 0.1) is 9.49 Å². The maximum atomic E-state index is 5.20. The van der Waals surface area contributed by atoms with Gasteiger partial charge in [0.1, 0.15) is 6.33 Å². The summed E-state index contributed by atoms with van der Waals surface area (Å²) in [7, 11) is 2.07. The summed E-state index contributed by atoms with van der Waals surface area (Å²) in [4.78, 5) is 4.44. The first-order chi connectivity index (χ1) is 10.2. The Labute approximate surface area is 136 Å². The minimum absolute atomic E-state index is 0.581. The van der Waals surface area contributed by atoms with Crippen molar-refractivity contribution < 1.29 is 4.74 Å². The molecule has 3 heterocycles. The van der Waals surface area contributed by atoms with Gasteiger partial charge in [0.25, 0.3) is 0 Å². The summed E-state index contributed by atoms with van der Waals surface area (Å²) in [5.41, 5.74) is 2.30. The highest BCUT2D eigenvalue weighted by molar-refractivity contribution is 14.1. The lowest BCUT2D eigenvalue weighted by atomic mass is 10.1. The zero-order valence-corrected chi connectivity index (χ0v) is 13.8. The van der Waals surface area contributed by atoms with Crippen molar-refractivity contribution in [2.75, 3.05) is 13.2 Å². The normalized spacial score (nSPS) is 15.5. The van der Waals surface area contributed by atoms with Gasteiger partial charge >= 0.3 is 0 Å². The fraction of sp³-hybridized carbons (Fsp3) is 0.333. The van der Waals surface area contributed by atoms with Crippen molar-refractivity contribution in [2.24, 2.45) is 13.0 Å². The van der Waals surface area contributed by atoms with Gasteiger partial charge in [0.2, 0.25) is 0 Å². The molecule has 2 aromatic heterocycles. The SMILES string of the molecule is Cn1cc(I)c2cc(-c3ncn(CC4COC4)n3)ccc21. The predicted octanol–water partition coefficient (Wildman–Crippen LogP) is 2.69. The van der Waals surface area contributed by atoms with E-state index in [1.165, 1.54) is 14.5 Å². The molecule has 1 aromatic carbocycles. The highest BCUT2D eigenvalue weighted by Gasteiger charge is 2.19. The van der Waals surface area contributed by atoms with Crippen molar-refractivity contribution in [3.8, 4) is 11.4 Å². The van der Waals surface area contributed by atoms with E-state index in [0.29, 0.717) is 5.92 Å². The molecule has 0 bridgehead atoms. The largest absolute Gasteiger partial charge is 0.381 e. The number of hydrogen-bond donors (Lipinski definition) is 0. The third kappa shape index (κ3) is 2.36. The summed E-state index contributed by atoms with van der Waals surface area (Å²) < 4.78 is 10.5. The molecule has 0 atom stereocenters. The Kier molecular flexibility index (Phi) is 3.22. The van der Waals surface area contributed by atoms with Gasteiger partial charge in [-0.3, -0.25) is 4.68 Å². The van der Waals surface area contributed by atoms with E-state index in [1.807, 2.05) is 11.0 Å². The summed E-state index contributed by atoms with van der Waals surface area (Å²) in [5.74, 6) is 1.37. The Morgan fingerprint density at radius 2 is 2.24 bits per heavy atom. The zero-order valence-electron chi connectivity index (χ0n) is 11.7. The number of halogens is 1. The third-order valence-corrected chi connectivity index (χ3v) is 4.75. The first-order valence-corrected chi connectivity index (χ1v) is 8.01. The van der Waals surface area contributed by atoms with Gasteiger partial charge in [-0.25, -0.2) is 4.98 Å². The number of aromatic nitrogens is 4. The van der Waals surface area contributed by atoms with Crippen molar-refractivity contribution in [1.29, 1.82) is 0 Å². The average Bonchev–Trinajstić information content (AvgIpc) is 3.00. The number of aryl methyl sites for hydroxylation is 1. The fourth-order valence-corrected chi connectivity index (χ4v) is 3.50. The van der Waals surface area contributed by atoms with Crippen LogP contribution in [0.15, 0.2) is 30.7 Å². The van der Waals surface area contributed by atoms with E-state index in [-0.39, 0.29) is 0 Å². The Hall–Kier alpha value is -1.41. The van der Waals surface area contributed by atoms with Gasteiger partial charge in [-0.2, -0.15) is 5.10 Å². The Morgan fingerprint density at radius 3 is 3.00 bits per heavy atom. The summed E-state index contributed by atoms with van der Waals surface area (Å²) in [6.07, 6.45) is 3.95. The molecule has 1 aliphatic rings. The molecule has 3 aromatic rings. The Bertz CT molecular complexity index is 803. The average molecular weight is 394 g/mol. The van der Waals surface area contributed by atoms with Crippen LogP contribution in [0.2, 0.25) is 0 Å². The molecule has 0 radical (unpaired) electrons. The smallest absolute Gasteiger partial charge is 0.181 e. The van der Waals surface area contributed by atoms with E-state index in [2.05, 4.69) is 68.7 Å². The second kappa shape index (κ2) is 5.10. The van der Waals surface area contributed by atoms with Gasteiger partial charge in [-0.1, -0.05) is 0 Å². The maximum absolute atomic E-state index is 5.20. The lowest BCUT2D eigenvalue weighted by Gasteiger charge is -2.25. The first kappa shape index (κ1) is 13.3. The molecule has 4 rings (SSSR count). The van der Waals surface area contributed by atoms with Crippen LogP contribution in [0.25, 0.3) is 22.3 Å². The van der Waals surface area contributed by atoms with Crippen LogP contribution in [0.5, 0.6) is 0 Å². The van der Waals surface area contributed by atoms with Crippen molar-refractivity contribution in [3.05, 3.63) is 34.3 Å². The van der Waals surface area contributed by atoms with Crippen molar-refractivity contribution in [1.82, 2.24) is 19.3 Å². The minimum Gasteiger partial charge on any atom is -0.381 e. The molecule has 0 amide bonds. The summed E-state index contributed by atoms with van der Waals surface area (Å²) in [5, 5.41) is 5.84. The maximum Gasteiger partial charge on any atom is 0.181 e. The van der Waals surface area contributed by atoms with E-state index >= 15 is 0 Å². The van der Waals surface area contributed by atoms with E-state index in [0.717, 1.165) is 31.1 Å². The second-order valence-corrected chi connectivity index (χ2v) is 6.68. The van der Waals surface area contributed by atoms with Crippen molar-refractivity contribution in [3.63, 3.8) is 0 Å². The topological polar surface area (TPSA) is 44.9 Å². The van der Waals surface area contributed by atoms with Crippen molar-refractivity contribution >= 4 is 33.5 Å². The molecule has 0 saturated carbocycles. The quantitative estimate of drug-likeness (QED) is 0.642. The van der Waals surface area contributed by atoms with Gasteiger partial charge in [0.05, 0.1) is 13.2 Å². The van der Waals surface area contributed by atoms with Crippen LogP contribution in [0.3, 0.4) is 0 Å². The standard InChI is InChI=1S/C15H15IN4O/c1-19-6-13(16)12-4-11(2-3-14(12)19)15-17-9-20(18-15)5-10-7-21-8-10/h2-4,6,9-10H,5,7-8H2,1H3. The van der Waals surface area contributed by atoms with Crippen LogP contribution in [-0.4, -0.2) is 32.5 Å².